The van der Waals surface area contributed by atoms with Crippen LogP contribution < -0.4 is 20.9 Å². The summed E-state index contributed by atoms with van der Waals surface area (Å²) in [7, 11) is -3.82. The molecule has 0 heterocycles. The van der Waals surface area contributed by atoms with Crippen molar-refractivity contribution < 1.29 is 13.2 Å². The van der Waals surface area contributed by atoms with Crippen LogP contribution in [0.1, 0.15) is 19.8 Å². The molecule has 0 bridgehead atoms. The Morgan fingerprint density at radius 3 is 2.60 bits per heavy atom. The standard InChI is InChI=1S/C12H20N4O3S/c1-9(8-13)5-6-12(17)15-10-3-2-4-11(7-10)16-20(14,18)19/h2-4,7,9,16H,5-6,8,13H2,1H3,(H,15,17)(H2,14,18,19). The van der Waals surface area contributed by atoms with E-state index < -0.39 is 10.2 Å². The lowest BCUT2D eigenvalue weighted by Crippen LogP contribution is -2.21. The second kappa shape index (κ2) is 7.22. The zero-order chi connectivity index (χ0) is 15.2. The van der Waals surface area contributed by atoms with Crippen molar-refractivity contribution in [2.45, 2.75) is 19.8 Å². The van der Waals surface area contributed by atoms with E-state index in [4.69, 9.17) is 10.9 Å². The van der Waals surface area contributed by atoms with Crippen molar-refractivity contribution in [3.63, 3.8) is 0 Å². The molecule has 0 aliphatic heterocycles. The van der Waals surface area contributed by atoms with Crippen molar-refractivity contribution in [1.29, 1.82) is 0 Å². The number of hydrogen-bond acceptors (Lipinski definition) is 4. The molecule has 0 aromatic heterocycles. The van der Waals surface area contributed by atoms with Gasteiger partial charge >= 0.3 is 0 Å². The molecule has 0 fully saturated rings. The van der Waals surface area contributed by atoms with Gasteiger partial charge in [0, 0.05) is 12.1 Å². The molecule has 1 aromatic carbocycles. The molecular formula is C12H20N4O3S. The summed E-state index contributed by atoms with van der Waals surface area (Å²) in [6, 6.07) is 6.31. The number of amides is 1. The van der Waals surface area contributed by atoms with Crippen molar-refractivity contribution in [3.8, 4) is 0 Å². The highest BCUT2D eigenvalue weighted by molar-refractivity contribution is 7.90. The van der Waals surface area contributed by atoms with Gasteiger partial charge in [0.1, 0.15) is 0 Å². The van der Waals surface area contributed by atoms with E-state index >= 15 is 0 Å². The summed E-state index contributed by atoms with van der Waals surface area (Å²) < 4.78 is 24.0. The van der Waals surface area contributed by atoms with Crippen molar-refractivity contribution in [2.24, 2.45) is 16.8 Å². The molecule has 1 atom stereocenters. The van der Waals surface area contributed by atoms with E-state index in [0.717, 1.165) is 0 Å². The quantitative estimate of drug-likeness (QED) is 0.588. The summed E-state index contributed by atoms with van der Waals surface area (Å²) in [5.41, 5.74) is 6.28. The van der Waals surface area contributed by atoms with Crippen LogP contribution in [0.25, 0.3) is 0 Å². The van der Waals surface area contributed by atoms with Crippen LogP contribution in [0.15, 0.2) is 24.3 Å². The van der Waals surface area contributed by atoms with Crippen LogP contribution in [0, 0.1) is 5.92 Å². The minimum absolute atomic E-state index is 0.141. The van der Waals surface area contributed by atoms with Gasteiger partial charge in [-0.1, -0.05) is 13.0 Å². The Hall–Kier alpha value is -1.64. The van der Waals surface area contributed by atoms with Gasteiger partial charge in [-0.05, 0) is 37.1 Å². The Morgan fingerprint density at radius 2 is 2.00 bits per heavy atom. The summed E-state index contributed by atoms with van der Waals surface area (Å²) in [6.07, 6.45) is 1.07. The number of rotatable bonds is 7. The van der Waals surface area contributed by atoms with Crippen LogP contribution in [-0.4, -0.2) is 20.9 Å². The zero-order valence-corrected chi connectivity index (χ0v) is 12.1. The van der Waals surface area contributed by atoms with Crippen LogP contribution in [0.2, 0.25) is 0 Å². The van der Waals surface area contributed by atoms with Gasteiger partial charge in [-0.2, -0.15) is 8.42 Å². The first-order chi connectivity index (χ1) is 9.30. The SMILES string of the molecule is CC(CN)CCC(=O)Nc1cccc(NS(N)(=O)=O)c1. The molecule has 1 amide bonds. The van der Waals surface area contributed by atoms with E-state index in [1.165, 1.54) is 12.1 Å². The first-order valence-corrected chi connectivity index (χ1v) is 7.75. The zero-order valence-electron chi connectivity index (χ0n) is 11.3. The maximum atomic E-state index is 11.7. The van der Waals surface area contributed by atoms with Gasteiger partial charge < -0.3 is 11.1 Å². The third-order valence-corrected chi connectivity index (χ3v) is 3.19. The molecular weight excluding hydrogens is 280 g/mol. The third-order valence-electron chi connectivity index (χ3n) is 2.67. The van der Waals surface area contributed by atoms with Gasteiger partial charge in [0.05, 0.1) is 5.69 Å². The average molecular weight is 300 g/mol. The first kappa shape index (κ1) is 16.4. The summed E-state index contributed by atoms with van der Waals surface area (Å²) in [6.45, 7) is 2.52. The number of anilines is 2. The minimum Gasteiger partial charge on any atom is -0.330 e. The van der Waals surface area contributed by atoms with Gasteiger partial charge in [0.2, 0.25) is 5.91 Å². The van der Waals surface area contributed by atoms with E-state index in [1.807, 2.05) is 6.92 Å². The number of carbonyl (C=O) groups is 1. The number of benzene rings is 1. The highest BCUT2D eigenvalue weighted by atomic mass is 32.2. The maximum Gasteiger partial charge on any atom is 0.296 e. The number of nitrogens with two attached hydrogens (primary N) is 2. The fourth-order valence-electron chi connectivity index (χ4n) is 1.54. The van der Waals surface area contributed by atoms with Crippen LogP contribution >= 0.6 is 0 Å². The molecule has 1 unspecified atom stereocenters. The van der Waals surface area contributed by atoms with E-state index in [-0.39, 0.29) is 11.8 Å². The second-order valence-corrected chi connectivity index (χ2v) is 5.95. The molecule has 8 heteroatoms. The number of hydrogen-bond donors (Lipinski definition) is 4. The van der Waals surface area contributed by atoms with Gasteiger partial charge in [-0.25, -0.2) is 5.14 Å². The molecule has 20 heavy (non-hydrogen) atoms. The summed E-state index contributed by atoms with van der Waals surface area (Å²) in [5, 5.41) is 7.57. The molecule has 0 aliphatic carbocycles. The normalized spacial score (nSPS) is 12.8. The topological polar surface area (TPSA) is 127 Å². The van der Waals surface area contributed by atoms with Gasteiger partial charge in [-0.15, -0.1) is 0 Å². The summed E-state index contributed by atoms with van der Waals surface area (Å²) in [4.78, 5) is 11.7. The van der Waals surface area contributed by atoms with E-state index in [0.29, 0.717) is 30.8 Å². The highest BCUT2D eigenvalue weighted by Gasteiger charge is 2.07. The molecule has 0 saturated carbocycles. The lowest BCUT2D eigenvalue weighted by atomic mass is 10.1. The summed E-state index contributed by atoms with van der Waals surface area (Å²) in [5.74, 6) is 0.147. The van der Waals surface area contributed by atoms with Crippen LogP contribution in [0.4, 0.5) is 11.4 Å². The van der Waals surface area contributed by atoms with Gasteiger partial charge in [0.25, 0.3) is 10.2 Å². The second-order valence-electron chi connectivity index (χ2n) is 4.66. The van der Waals surface area contributed by atoms with Gasteiger partial charge in [0.15, 0.2) is 0 Å². The Labute approximate surface area is 118 Å². The molecule has 6 N–H and O–H groups in total. The fraction of sp³-hybridized carbons (Fsp3) is 0.417. The van der Waals surface area contributed by atoms with E-state index in [2.05, 4.69) is 10.0 Å². The maximum absolute atomic E-state index is 11.7. The molecule has 0 radical (unpaired) electrons. The van der Waals surface area contributed by atoms with Crippen molar-refractivity contribution in [1.82, 2.24) is 0 Å². The smallest absolute Gasteiger partial charge is 0.296 e. The molecule has 0 saturated heterocycles. The minimum atomic E-state index is -3.82. The van der Waals surface area contributed by atoms with Crippen molar-refractivity contribution in [2.75, 3.05) is 16.6 Å². The Morgan fingerprint density at radius 1 is 1.35 bits per heavy atom. The van der Waals surface area contributed by atoms with Crippen molar-refractivity contribution >= 4 is 27.5 Å². The predicted octanol–water partition coefficient (Wildman–Crippen LogP) is 0.616. The van der Waals surface area contributed by atoms with Crippen LogP contribution in [0.5, 0.6) is 0 Å². The highest BCUT2D eigenvalue weighted by Crippen LogP contribution is 2.16. The van der Waals surface area contributed by atoms with Crippen molar-refractivity contribution in [3.05, 3.63) is 24.3 Å². The van der Waals surface area contributed by atoms with Crippen LogP contribution in [-0.2, 0) is 15.0 Å². The molecule has 0 spiro atoms. The summed E-state index contributed by atoms with van der Waals surface area (Å²) >= 11 is 0. The Kier molecular flexibility index (Phi) is 5.93. The average Bonchev–Trinajstić information content (AvgIpc) is 2.34. The third kappa shape index (κ3) is 6.50. The monoisotopic (exact) mass is 300 g/mol. The Bertz CT molecular complexity index is 560. The molecule has 1 aromatic rings. The number of nitrogens with one attached hydrogen (secondary N) is 2. The molecule has 112 valence electrons. The van der Waals surface area contributed by atoms with E-state index in [9.17, 15) is 13.2 Å². The predicted molar refractivity (Wildman–Crippen MR) is 79.3 cm³/mol. The Balaban J connectivity index is 2.60. The fourth-order valence-corrected chi connectivity index (χ4v) is 2.00. The largest absolute Gasteiger partial charge is 0.330 e. The first-order valence-electron chi connectivity index (χ1n) is 6.20. The van der Waals surface area contributed by atoms with Gasteiger partial charge in [-0.3, -0.25) is 9.52 Å². The van der Waals surface area contributed by atoms with E-state index in [1.54, 1.807) is 12.1 Å². The molecule has 7 nitrogen and oxygen atoms in total. The van der Waals surface area contributed by atoms with Crippen LogP contribution in [0.3, 0.4) is 0 Å². The number of carbonyl (C=O) groups excluding carboxylic acids is 1. The molecule has 1 rings (SSSR count). The lowest BCUT2D eigenvalue weighted by molar-refractivity contribution is -0.116. The lowest BCUT2D eigenvalue weighted by Gasteiger charge is -2.10. The molecule has 0 aliphatic rings.